The van der Waals surface area contributed by atoms with E-state index >= 15 is 0 Å². The van der Waals surface area contributed by atoms with Crippen LogP contribution in [0, 0.1) is 11.8 Å². The topological polar surface area (TPSA) is 57.5 Å². The maximum Gasteiger partial charge on any atom is 0.306 e. The number of aliphatic hydroxyl groups is 1. The lowest BCUT2D eigenvalue weighted by atomic mass is 10.0. The zero-order chi connectivity index (χ0) is 8.43. The van der Waals surface area contributed by atoms with Crippen LogP contribution in [0.25, 0.3) is 0 Å². The first-order chi connectivity index (χ1) is 5.15. The molecule has 0 aromatic carbocycles. The molecule has 0 bridgehead atoms. The van der Waals surface area contributed by atoms with Gasteiger partial charge in [-0.05, 0) is 18.8 Å². The molecule has 11 heavy (non-hydrogen) atoms. The minimum Gasteiger partial charge on any atom is -0.481 e. The van der Waals surface area contributed by atoms with Crippen molar-refractivity contribution in [2.45, 2.75) is 32.3 Å². The zero-order valence-electron chi connectivity index (χ0n) is 6.66. The minimum absolute atomic E-state index is 0.205. The highest BCUT2D eigenvalue weighted by Gasteiger charge is 2.35. The molecule has 3 nitrogen and oxygen atoms in total. The summed E-state index contributed by atoms with van der Waals surface area (Å²) in [5.74, 6) is -0.869. The van der Waals surface area contributed by atoms with Crippen molar-refractivity contribution in [1.82, 2.24) is 0 Å². The van der Waals surface area contributed by atoms with Crippen molar-refractivity contribution in [2.24, 2.45) is 11.8 Å². The molecule has 1 rings (SSSR count). The first kappa shape index (κ1) is 8.53. The number of aliphatic hydroxyl groups excluding tert-OH is 1. The number of carboxylic acids is 1. The zero-order valence-corrected chi connectivity index (χ0v) is 6.66. The molecule has 1 aliphatic rings. The van der Waals surface area contributed by atoms with E-state index in [9.17, 15) is 9.90 Å². The second-order valence-electron chi connectivity index (χ2n) is 3.24. The second kappa shape index (κ2) is 3.22. The number of carbonyl (C=O) groups is 1. The van der Waals surface area contributed by atoms with Gasteiger partial charge in [-0.15, -0.1) is 0 Å². The molecule has 3 atom stereocenters. The Hall–Kier alpha value is -0.570. The summed E-state index contributed by atoms with van der Waals surface area (Å²) in [7, 11) is 0. The van der Waals surface area contributed by atoms with E-state index < -0.39 is 5.97 Å². The summed E-state index contributed by atoms with van der Waals surface area (Å²) >= 11 is 0. The standard InChI is InChI=1S/C8H14O3/c1-2-5-3-6(8(10)11)4-7(5)9/h5-7,9H,2-4H2,1H3,(H,10,11). The van der Waals surface area contributed by atoms with Crippen molar-refractivity contribution >= 4 is 5.97 Å². The lowest BCUT2D eigenvalue weighted by molar-refractivity contribution is -0.141. The van der Waals surface area contributed by atoms with E-state index in [1.54, 1.807) is 0 Å². The maximum absolute atomic E-state index is 10.5. The van der Waals surface area contributed by atoms with Gasteiger partial charge in [0.05, 0.1) is 12.0 Å². The number of aliphatic carboxylic acids is 1. The van der Waals surface area contributed by atoms with Crippen molar-refractivity contribution in [3.63, 3.8) is 0 Å². The molecule has 0 amide bonds. The van der Waals surface area contributed by atoms with Crippen LogP contribution in [0.15, 0.2) is 0 Å². The Kier molecular flexibility index (Phi) is 2.49. The van der Waals surface area contributed by atoms with E-state index in [-0.39, 0.29) is 17.9 Å². The fraction of sp³-hybridized carbons (Fsp3) is 0.875. The fourth-order valence-corrected chi connectivity index (χ4v) is 1.74. The molecule has 2 N–H and O–H groups in total. The van der Waals surface area contributed by atoms with Gasteiger partial charge >= 0.3 is 5.97 Å². The van der Waals surface area contributed by atoms with Crippen LogP contribution >= 0.6 is 0 Å². The Labute approximate surface area is 66.0 Å². The predicted octanol–water partition coefficient (Wildman–Crippen LogP) is 0.868. The molecular weight excluding hydrogens is 144 g/mol. The minimum atomic E-state index is -0.764. The van der Waals surface area contributed by atoms with Crippen LogP contribution in [-0.4, -0.2) is 22.3 Å². The third-order valence-corrected chi connectivity index (χ3v) is 2.53. The molecule has 0 aliphatic heterocycles. The van der Waals surface area contributed by atoms with Crippen LogP contribution in [-0.2, 0) is 4.79 Å². The highest BCUT2D eigenvalue weighted by atomic mass is 16.4. The molecule has 0 spiro atoms. The van der Waals surface area contributed by atoms with Gasteiger partial charge in [-0.1, -0.05) is 13.3 Å². The maximum atomic E-state index is 10.5. The average Bonchev–Trinajstić information content (AvgIpc) is 2.31. The van der Waals surface area contributed by atoms with Gasteiger partial charge in [0.1, 0.15) is 0 Å². The molecule has 1 fully saturated rings. The van der Waals surface area contributed by atoms with Crippen LogP contribution in [0.3, 0.4) is 0 Å². The summed E-state index contributed by atoms with van der Waals surface area (Å²) in [6.45, 7) is 1.98. The lowest BCUT2D eigenvalue weighted by Crippen LogP contribution is -2.11. The van der Waals surface area contributed by atoms with Crippen molar-refractivity contribution in [1.29, 1.82) is 0 Å². The first-order valence-corrected chi connectivity index (χ1v) is 4.06. The van der Waals surface area contributed by atoms with Gasteiger partial charge in [0.25, 0.3) is 0 Å². The van der Waals surface area contributed by atoms with Gasteiger partial charge in [0.15, 0.2) is 0 Å². The van der Waals surface area contributed by atoms with Crippen LogP contribution in [0.5, 0.6) is 0 Å². The number of hydrogen-bond donors (Lipinski definition) is 2. The summed E-state index contributed by atoms with van der Waals surface area (Å²) in [5, 5.41) is 18.0. The molecule has 0 radical (unpaired) electrons. The quantitative estimate of drug-likeness (QED) is 0.627. The molecule has 1 saturated carbocycles. The molecule has 1 aliphatic carbocycles. The molecule has 3 heteroatoms. The second-order valence-corrected chi connectivity index (χ2v) is 3.24. The summed E-state index contributed by atoms with van der Waals surface area (Å²) in [5.41, 5.74) is 0. The summed E-state index contributed by atoms with van der Waals surface area (Å²) in [4.78, 5) is 10.5. The Morgan fingerprint density at radius 3 is 2.45 bits per heavy atom. The number of rotatable bonds is 2. The Morgan fingerprint density at radius 1 is 1.55 bits per heavy atom. The van der Waals surface area contributed by atoms with Crippen LogP contribution in [0.4, 0.5) is 0 Å². The van der Waals surface area contributed by atoms with Crippen molar-refractivity contribution in [2.75, 3.05) is 0 Å². The highest BCUT2D eigenvalue weighted by Crippen LogP contribution is 2.33. The molecule has 0 aromatic rings. The van der Waals surface area contributed by atoms with Crippen molar-refractivity contribution in [3.8, 4) is 0 Å². The van der Waals surface area contributed by atoms with Crippen molar-refractivity contribution in [3.05, 3.63) is 0 Å². The Morgan fingerprint density at radius 2 is 2.18 bits per heavy atom. The largest absolute Gasteiger partial charge is 0.481 e. The van der Waals surface area contributed by atoms with Crippen LogP contribution in [0.1, 0.15) is 26.2 Å². The van der Waals surface area contributed by atoms with Crippen molar-refractivity contribution < 1.29 is 15.0 Å². The summed E-state index contributed by atoms with van der Waals surface area (Å²) in [6.07, 6.45) is 1.58. The molecule has 64 valence electrons. The van der Waals surface area contributed by atoms with E-state index in [4.69, 9.17) is 5.11 Å². The van der Waals surface area contributed by atoms with Gasteiger partial charge in [-0.2, -0.15) is 0 Å². The molecule has 0 heterocycles. The summed E-state index contributed by atoms with van der Waals surface area (Å²) < 4.78 is 0. The lowest BCUT2D eigenvalue weighted by Gasteiger charge is -2.09. The van der Waals surface area contributed by atoms with Crippen LogP contribution < -0.4 is 0 Å². The first-order valence-electron chi connectivity index (χ1n) is 4.06. The van der Waals surface area contributed by atoms with E-state index in [0.717, 1.165) is 6.42 Å². The monoisotopic (exact) mass is 158 g/mol. The average molecular weight is 158 g/mol. The molecule has 0 saturated heterocycles. The van der Waals surface area contributed by atoms with E-state index in [1.807, 2.05) is 6.92 Å². The summed E-state index contributed by atoms with van der Waals surface area (Å²) in [6, 6.07) is 0. The SMILES string of the molecule is CCC1CC(C(=O)O)CC1O. The smallest absolute Gasteiger partial charge is 0.306 e. The third-order valence-electron chi connectivity index (χ3n) is 2.53. The molecule has 0 aromatic heterocycles. The van der Waals surface area contributed by atoms with Gasteiger partial charge in [0.2, 0.25) is 0 Å². The fourth-order valence-electron chi connectivity index (χ4n) is 1.74. The van der Waals surface area contributed by atoms with Gasteiger partial charge in [-0.25, -0.2) is 0 Å². The normalized spacial score (nSPS) is 37.5. The van der Waals surface area contributed by atoms with E-state index in [1.165, 1.54) is 0 Å². The van der Waals surface area contributed by atoms with Gasteiger partial charge in [-0.3, -0.25) is 4.79 Å². The highest BCUT2D eigenvalue weighted by molar-refractivity contribution is 5.70. The van der Waals surface area contributed by atoms with Crippen LogP contribution in [0.2, 0.25) is 0 Å². The molecule has 3 unspecified atom stereocenters. The number of carboxylic acid groups (broad SMARTS) is 1. The Balaban J connectivity index is 2.49. The Bertz CT molecular complexity index is 155. The van der Waals surface area contributed by atoms with Gasteiger partial charge in [0, 0.05) is 0 Å². The van der Waals surface area contributed by atoms with Gasteiger partial charge < -0.3 is 10.2 Å². The molecular formula is C8H14O3. The predicted molar refractivity (Wildman–Crippen MR) is 40.1 cm³/mol. The number of hydrogen-bond acceptors (Lipinski definition) is 2. The van der Waals surface area contributed by atoms with E-state index in [2.05, 4.69) is 0 Å². The van der Waals surface area contributed by atoms with E-state index in [0.29, 0.717) is 12.8 Å². The third kappa shape index (κ3) is 1.71.